The molecule has 11 heavy (non-hydrogen) atoms. The third-order valence-corrected chi connectivity index (χ3v) is 3.36. The molecular weight excluding hydrogens is 167 g/mol. The highest BCUT2D eigenvalue weighted by Crippen LogP contribution is 2.41. The molecule has 0 spiro atoms. The lowest BCUT2D eigenvalue weighted by atomic mass is 10.5. The first-order chi connectivity index (χ1) is 5.12. The predicted octanol–water partition coefficient (Wildman–Crippen LogP) is 0.0216. The summed E-state index contributed by atoms with van der Waals surface area (Å²) in [6.07, 6.45) is 1.03. The molecular formula is C6H15O4P. The smallest absolute Gasteiger partial charge is 0.200 e. The maximum Gasteiger partial charge on any atom is 0.200 e. The van der Waals surface area contributed by atoms with Crippen LogP contribution in [0.3, 0.4) is 0 Å². The Kier molecular flexibility index (Phi) is 5.78. The molecule has 5 heteroatoms. The van der Waals surface area contributed by atoms with Gasteiger partial charge in [-0.3, -0.25) is 4.57 Å². The average Bonchev–Trinajstić information content (AvgIpc) is 1.97. The summed E-state index contributed by atoms with van der Waals surface area (Å²) in [6, 6.07) is 0. The second-order valence-corrected chi connectivity index (χ2v) is 5.03. The molecule has 0 fully saturated rings. The molecule has 0 aliphatic heterocycles. The van der Waals surface area contributed by atoms with Crippen molar-refractivity contribution in [1.82, 2.24) is 0 Å². The second-order valence-electron chi connectivity index (χ2n) is 2.45. The van der Waals surface area contributed by atoms with Gasteiger partial charge in [0.2, 0.25) is 7.37 Å². The molecule has 0 unspecified atom stereocenters. The Morgan fingerprint density at radius 3 is 1.64 bits per heavy atom. The Hall–Kier alpha value is 0.110. The fourth-order valence-electron chi connectivity index (χ4n) is 0.747. The molecule has 0 aromatic carbocycles. The highest BCUT2D eigenvalue weighted by Gasteiger charge is 2.15. The molecule has 0 radical (unpaired) electrons. The van der Waals surface area contributed by atoms with Crippen LogP contribution >= 0.6 is 7.37 Å². The van der Waals surface area contributed by atoms with E-state index in [4.69, 9.17) is 15.1 Å². The van der Waals surface area contributed by atoms with E-state index in [9.17, 15) is 4.57 Å². The Morgan fingerprint density at radius 1 is 1.00 bits per heavy atom. The van der Waals surface area contributed by atoms with Crippen molar-refractivity contribution in [3.05, 3.63) is 0 Å². The van der Waals surface area contributed by atoms with E-state index in [2.05, 4.69) is 0 Å². The largest absolute Gasteiger partial charge is 0.396 e. The summed E-state index contributed by atoms with van der Waals surface area (Å²) in [7, 11) is -3.05. The van der Waals surface area contributed by atoms with Crippen molar-refractivity contribution in [2.24, 2.45) is 0 Å². The summed E-state index contributed by atoms with van der Waals surface area (Å²) in [5, 5.41) is 16.7. The number of aliphatic hydroxyl groups is 2. The Bertz CT molecular complexity index is 125. The molecule has 68 valence electrons. The van der Waals surface area contributed by atoms with E-state index in [0.717, 1.165) is 0 Å². The van der Waals surface area contributed by atoms with Crippen LogP contribution in [0.5, 0.6) is 0 Å². The van der Waals surface area contributed by atoms with Crippen molar-refractivity contribution in [1.29, 1.82) is 0 Å². The molecule has 0 aliphatic carbocycles. The first kappa shape index (κ1) is 11.1. The van der Waals surface area contributed by atoms with Crippen molar-refractivity contribution in [2.45, 2.75) is 12.8 Å². The first-order valence-electron chi connectivity index (χ1n) is 3.65. The summed E-state index contributed by atoms with van der Waals surface area (Å²) in [5.74, 6) is 0. The summed E-state index contributed by atoms with van der Waals surface area (Å²) < 4.78 is 11.1. The van der Waals surface area contributed by atoms with Crippen molar-refractivity contribution in [3.8, 4) is 0 Å². The first-order valence-corrected chi connectivity index (χ1v) is 5.68. The fraction of sp³-hybridized carbons (Fsp3) is 1.00. The van der Waals surface area contributed by atoms with E-state index in [1.807, 2.05) is 0 Å². The van der Waals surface area contributed by atoms with E-state index >= 15 is 0 Å². The number of rotatable bonds is 6. The van der Waals surface area contributed by atoms with Crippen molar-refractivity contribution in [2.75, 3.05) is 25.5 Å². The van der Waals surface area contributed by atoms with E-state index in [-0.39, 0.29) is 25.5 Å². The second kappa shape index (κ2) is 5.72. The monoisotopic (exact) mass is 182 g/mol. The molecule has 0 aromatic rings. The minimum Gasteiger partial charge on any atom is -0.396 e. The maximum absolute atomic E-state index is 11.1. The summed E-state index contributed by atoms with van der Waals surface area (Å²) in [5.41, 5.74) is 0. The van der Waals surface area contributed by atoms with Crippen LogP contribution in [0.2, 0.25) is 0 Å². The molecule has 4 nitrogen and oxygen atoms in total. The van der Waals surface area contributed by atoms with Crippen LogP contribution in [0.25, 0.3) is 0 Å². The van der Waals surface area contributed by atoms with Crippen LogP contribution in [-0.4, -0.2) is 40.6 Å². The van der Waals surface area contributed by atoms with Crippen molar-refractivity contribution >= 4 is 7.37 Å². The molecule has 0 saturated heterocycles. The van der Waals surface area contributed by atoms with E-state index in [0.29, 0.717) is 12.8 Å². The maximum atomic E-state index is 11.1. The highest BCUT2D eigenvalue weighted by atomic mass is 31.2. The molecule has 0 rings (SSSR count). The number of aliphatic hydroxyl groups excluding tert-OH is 2. The van der Waals surface area contributed by atoms with E-state index in [1.165, 1.54) is 0 Å². The molecule has 0 amide bonds. The van der Waals surface area contributed by atoms with Crippen LogP contribution < -0.4 is 0 Å². The summed E-state index contributed by atoms with van der Waals surface area (Å²) >= 11 is 0. The Labute approximate surface area is 66.3 Å². The molecule has 3 N–H and O–H groups in total. The summed E-state index contributed by atoms with van der Waals surface area (Å²) in [6.45, 7) is -0.104. The lowest BCUT2D eigenvalue weighted by Crippen LogP contribution is -1.98. The lowest BCUT2D eigenvalue weighted by molar-refractivity contribution is 0.290. The van der Waals surface area contributed by atoms with Crippen LogP contribution in [0, 0.1) is 0 Å². The van der Waals surface area contributed by atoms with Gasteiger partial charge in [-0.1, -0.05) is 0 Å². The molecule has 0 heterocycles. The van der Waals surface area contributed by atoms with Gasteiger partial charge in [0.1, 0.15) is 0 Å². The van der Waals surface area contributed by atoms with Gasteiger partial charge in [0.15, 0.2) is 0 Å². The van der Waals surface area contributed by atoms with Gasteiger partial charge < -0.3 is 15.1 Å². The third kappa shape index (κ3) is 6.51. The predicted molar refractivity (Wildman–Crippen MR) is 43.0 cm³/mol. The van der Waals surface area contributed by atoms with E-state index < -0.39 is 7.37 Å². The van der Waals surface area contributed by atoms with E-state index in [1.54, 1.807) is 0 Å². The topological polar surface area (TPSA) is 77.8 Å². The SMILES string of the molecule is O=P(O)(CCCO)CCCO. The molecule has 0 atom stereocenters. The van der Waals surface area contributed by atoms with Gasteiger partial charge in [-0.05, 0) is 12.8 Å². The lowest BCUT2D eigenvalue weighted by Gasteiger charge is -2.08. The van der Waals surface area contributed by atoms with Crippen LogP contribution in [0.15, 0.2) is 0 Å². The normalized spacial score (nSPS) is 11.9. The van der Waals surface area contributed by atoms with Crippen LogP contribution in [-0.2, 0) is 4.57 Å². The standard InChI is InChI=1S/C6H15O4P/c7-3-1-5-11(9,10)6-2-4-8/h7-8H,1-6H2,(H,9,10). The molecule has 0 aromatic heterocycles. The zero-order valence-electron chi connectivity index (χ0n) is 6.44. The number of hydrogen-bond acceptors (Lipinski definition) is 3. The van der Waals surface area contributed by atoms with Gasteiger partial charge in [-0.2, -0.15) is 0 Å². The van der Waals surface area contributed by atoms with Crippen molar-refractivity contribution < 1.29 is 19.7 Å². The Morgan fingerprint density at radius 2 is 1.36 bits per heavy atom. The van der Waals surface area contributed by atoms with Crippen LogP contribution in [0.4, 0.5) is 0 Å². The third-order valence-electron chi connectivity index (χ3n) is 1.33. The van der Waals surface area contributed by atoms with Gasteiger partial charge in [-0.25, -0.2) is 0 Å². The zero-order valence-corrected chi connectivity index (χ0v) is 7.33. The quantitative estimate of drug-likeness (QED) is 0.506. The number of hydrogen-bond donors (Lipinski definition) is 3. The van der Waals surface area contributed by atoms with Gasteiger partial charge >= 0.3 is 0 Å². The van der Waals surface area contributed by atoms with Crippen molar-refractivity contribution in [3.63, 3.8) is 0 Å². The fourth-order valence-corrected chi connectivity index (χ4v) is 2.24. The van der Waals surface area contributed by atoms with Gasteiger partial charge in [0.25, 0.3) is 0 Å². The van der Waals surface area contributed by atoms with Gasteiger partial charge in [0.05, 0.1) is 0 Å². The van der Waals surface area contributed by atoms with Crippen LogP contribution in [0.1, 0.15) is 12.8 Å². The van der Waals surface area contributed by atoms with Gasteiger partial charge in [-0.15, -0.1) is 0 Å². The summed E-state index contributed by atoms with van der Waals surface area (Å²) in [4.78, 5) is 9.11. The molecule has 0 bridgehead atoms. The minimum atomic E-state index is -3.05. The minimum absolute atomic E-state index is 0.0519. The highest BCUT2D eigenvalue weighted by molar-refractivity contribution is 7.57. The van der Waals surface area contributed by atoms with Gasteiger partial charge in [0, 0.05) is 25.5 Å². The molecule has 0 saturated carbocycles. The Balaban J connectivity index is 3.53. The zero-order chi connectivity index (χ0) is 8.74. The average molecular weight is 182 g/mol. The molecule has 0 aliphatic rings.